The molecule has 0 bridgehead atoms. The number of nitrogens with zero attached hydrogens (tertiary/aromatic N) is 4. The van der Waals surface area contributed by atoms with Gasteiger partial charge in [0, 0.05) is 24.2 Å². The van der Waals surface area contributed by atoms with Gasteiger partial charge in [0.05, 0.1) is 5.56 Å². The highest BCUT2D eigenvalue weighted by molar-refractivity contribution is 5.99. The van der Waals surface area contributed by atoms with Gasteiger partial charge in [0.1, 0.15) is 12.7 Å². The molecular formula is C20H17F4N5O2. The van der Waals surface area contributed by atoms with E-state index in [2.05, 4.69) is 15.4 Å². The van der Waals surface area contributed by atoms with Crippen LogP contribution in [0, 0.1) is 5.92 Å². The summed E-state index contributed by atoms with van der Waals surface area (Å²) in [6.45, 7) is -0.439. The van der Waals surface area contributed by atoms with Gasteiger partial charge in [-0.05, 0) is 42.8 Å². The zero-order valence-electron chi connectivity index (χ0n) is 16.0. The molecule has 31 heavy (non-hydrogen) atoms. The maximum absolute atomic E-state index is 13.4. The minimum atomic E-state index is -4.53. The van der Waals surface area contributed by atoms with E-state index in [0.29, 0.717) is 5.65 Å². The fourth-order valence-electron chi connectivity index (χ4n) is 3.11. The largest absolute Gasteiger partial charge is 0.416 e. The molecule has 1 aliphatic rings. The summed E-state index contributed by atoms with van der Waals surface area (Å²) in [6.07, 6.45) is -3.68. The molecule has 0 saturated heterocycles. The van der Waals surface area contributed by atoms with Gasteiger partial charge in [-0.3, -0.25) is 14.9 Å². The topological polar surface area (TPSA) is 79.6 Å². The van der Waals surface area contributed by atoms with E-state index in [9.17, 15) is 27.2 Å². The average Bonchev–Trinajstić information content (AvgIpc) is 3.26. The van der Waals surface area contributed by atoms with Crippen molar-refractivity contribution < 1.29 is 27.2 Å². The van der Waals surface area contributed by atoms with Crippen LogP contribution in [-0.2, 0) is 11.0 Å². The number of rotatable bonds is 6. The summed E-state index contributed by atoms with van der Waals surface area (Å²) in [7, 11) is 0. The summed E-state index contributed by atoms with van der Waals surface area (Å²) < 4.78 is 53.1. The summed E-state index contributed by atoms with van der Waals surface area (Å²) >= 11 is 0. The SMILES string of the molecule is O=C(CN(CC1CC1F)C(=O)c1ccc(C(F)(F)F)cc1)Nc1nc2ccccn2n1. The third-order valence-electron chi connectivity index (χ3n) is 4.86. The van der Waals surface area contributed by atoms with Gasteiger partial charge in [0.15, 0.2) is 5.65 Å². The van der Waals surface area contributed by atoms with Gasteiger partial charge in [-0.25, -0.2) is 8.91 Å². The first-order valence-corrected chi connectivity index (χ1v) is 9.42. The number of carbonyl (C=O) groups excluding carboxylic acids is 2. The van der Waals surface area contributed by atoms with Crippen molar-refractivity contribution in [2.45, 2.75) is 18.8 Å². The van der Waals surface area contributed by atoms with E-state index in [1.54, 1.807) is 24.4 Å². The Morgan fingerprint density at radius 1 is 1.16 bits per heavy atom. The summed E-state index contributed by atoms with van der Waals surface area (Å²) in [5.74, 6) is -1.63. The lowest BCUT2D eigenvalue weighted by atomic mass is 10.1. The van der Waals surface area contributed by atoms with Crippen LogP contribution in [0.25, 0.3) is 5.65 Å². The van der Waals surface area contributed by atoms with Gasteiger partial charge in [0.2, 0.25) is 11.9 Å². The number of hydrogen-bond donors (Lipinski definition) is 1. The number of aromatic nitrogens is 3. The predicted octanol–water partition coefficient (Wildman–Crippen LogP) is 3.19. The standard InChI is InChI=1S/C20H17F4N5O2/c21-15-9-13(15)10-28(18(31)12-4-6-14(7-5-12)20(22,23)24)11-17(30)26-19-25-16-3-1-2-8-29(16)27-19/h1-8,13,15H,9-11H2,(H,26,27,30). The molecule has 7 nitrogen and oxygen atoms in total. The Hall–Kier alpha value is -3.50. The molecule has 0 spiro atoms. The van der Waals surface area contributed by atoms with Crippen LogP contribution in [0.15, 0.2) is 48.7 Å². The van der Waals surface area contributed by atoms with E-state index in [1.165, 1.54) is 4.52 Å². The summed E-state index contributed by atoms with van der Waals surface area (Å²) in [4.78, 5) is 30.5. The molecule has 4 rings (SSSR count). The van der Waals surface area contributed by atoms with Crippen molar-refractivity contribution in [3.8, 4) is 0 Å². The third-order valence-corrected chi connectivity index (χ3v) is 4.86. The third kappa shape index (κ3) is 4.81. The highest BCUT2D eigenvalue weighted by atomic mass is 19.4. The van der Waals surface area contributed by atoms with Crippen molar-refractivity contribution in [3.63, 3.8) is 0 Å². The van der Waals surface area contributed by atoms with Crippen LogP contribution < -0.4 is 5.32 Å². The Balaban J connectivity index is 1.47. The van der Waals surface area contributed by atoms with Crippen LogP contribution in [0.5, 0.6) is 0 Å². The van der Waals surface area contributed by atoms with E-state index in [4.69, 9.17) is 0 Å². The Morgan fingerprint density at radius 2 is 1.87 bits per heavy atom. The quantitative estimate of drug-likeness (QED) is 0.604. The van der Waals surface area contributed by atoms with Gasteiger partial charge in [-0.2, -0.15) is 18.2 Å². The first-order chi connectivity index (χ1) is 14.7. The van der Waals surface area contributed by atoms with Crippen LogP contribution in [-0.4, -0.2) is 50.6 Å². The number of pyridine rings is 1. The molecule has 1 aliphatic carbocycles. The Kier molecular flexibility index (Phi) is 5.34. The van der Waals surface area contributed by atoms with E-state index in [-0.39, 0.29) is 24.5 Å². The van der Waals surface area contributed by atoms with Gasteiger partial charge in [-0.1, -0.05) is 6.07 Å². The number of benzene rings is 1. The number of anilines is 1. The number of amides is 2. The van der Waals surface area contributed by atoms with Crippen molar-refractivity contribution in [1.29, 1.82) is 0 Å². The number of fused-ring (bicyclic) bond motifs is 1. The molecule has 2 heterocycles. The van der Waals surface area contributed by atoms with E-state index in [1.807, 2.05) is 0 Å². The fraction of sp³-hybridized carbons (Fsp3) is 0.300. The normalized spacial score (nSPS) is 18.1. The maximum Gasteiger partial charge on any atom is 0.416 e. The Morgan fingerprint density at radius 3 is 2.48 bits per heavy atom. The molecule has 3 aromatic rings. The van der Waals surface area contributed by atoms with E-state index >= 15 is 0 Å². The van der Waals surface area contributed by atoms with Crippen LogP contribution in [0.4, 0.5) is 23.5 Å². The first-order valence-electron chi connectivity index (χ1n) is 9.42. The fourth-order valence-corrected chi connectivity index (χ4v) is 3.11. The van der Waals surface area contributed by atoms with Crippen LogP contribution in [0.1, 0.15) is 22.3 Å². The molecule has 1 aromatic carbocycles. The lowest BCUT2D eigenvalue weighted by Gasteiger charge is -2.22. The predicted molar refractivity (Wildman–Crippen MR) is 102 cm³/mol. The summed E-state index contributed by atoms with van der Waals surface area (Å²) in [6, 6.07) is 8.85. The second-order valence-corrected chi connectivity index (χ2v) is 7.26. The monoisotopic (exact) mass is 435 g/mol. The molecule has 2 aromatic heterocycles. The van der Waals surface area contributed by atoms with Crippen LogP contribution in [0.2, 0.25) is 0 Å². The second-order valence-electron chi connectivity index (χ2n) is 7.26. The Labute approximate surface area is 173 Å². The zero-order chi connectivity index (χ0) is 22.2. The lowest BCUT2D eigenvalue weighted by molar-refractivity contribution is -0.137. The lowest BCUT2D eigenvalue weighted by Crippen LogP contribution is -2.39. The molecule has 1 N–H and O–H groups in total. The molecule has 0 aliphatic heterocycles. The van der Waals surface area contributed by atoms with Gasteiger partial charge in [0.25, 0.3) is 5.91 Å². The summed E-state index contributed by atoms with van der Waals surface area (Å²) in [5.41, 5.74) is -0.409. The highest BCUT2D eigenvalue weighted by Crippen LogP contribution is 2.35. The molecule has 162 valence electrons. The van der Waals surface area contributed by atoms with E-state index < -0.39 is 42.2 Å². The molecule has 1 saturated carbocycles. The molecule has 2 atom stereocenters. The van der Waals surface area contributed by atoms with E-state index in [0.717, 1.165) is 29.2 Å². The van der Waals surface area contributed by atoms with Crippen molar-refractivity contribution >= 4 is 23.4 Å². The molecule has 0 radical (unpaired) electrons. The van der Waals surface area contributed by atoms with Gasteiger partial charge in [-0.15, -0.1) is 5.10 Å². The number of carbonyl (C=O) groups is 2. The molecule has 2 unspecified atom stereocenters. The molecular weight excluding hydrogens is 418 g/mol. The smallest absolute Gasteiger partial charge is 0.329 e. The van der Waals surface area contributed by atoms with Crippen molar-refractivity contribution in [3.05, 3.63) is 59.8 Å². The zero-order valence-corrected chi connectivity index (χ0v) is 16.0. The van der Waals surface area contributed by atoms with Crippen molar-refractivity contribution in [1.82, 2.24) is 19.5 Å². The van der Waals surface area contributed by atoms with Crippen LogP contribution >= 0.6 is 0 Å². The molecule has 1 fully saturated rings. The minimum Gasteiger partial charge on any atom is -0.329 e. The van der Waals surface area contributed by atoms with Crippen LogP contribution in [0.3, 0.4) is 0 Å². The van der Waals surface area contributed by atoms with Gasteiger partial charge < -0.3 is 4.90 Å². The average molecular weight is 435 g/mol. The maximum atomic E-state index is 13.4. The number of halogens is 4. The molecule has 11 heteroatoms. The van der Waals surface area contributed by atoms with Crippen molar-refractivity contribution in [2.24, 2.45) is 5.92 Å². The minimum absolute atomic E-state index is 0.0208. The van der Waals surface area contributed by atoms with Crippen molar-refractivity contribution in [2.75, 3.05) is 18.4 Å². The highest BCUT2D eigenvalue weighted by Gasteiger charge is 2.40. The molecule has 2 amide bonds. The number of nitrogens with one attached hydrogen (secondary N) is 1. The number of hydrogen-bond acceptors (Lipinski definition) is 4. The van der Waals surface area contributed by atoms with Gasteiger partial charge >= 0.3 is 6.18 Å². The summed E-state index contributed by atoms with van der Waals surface area (Å²) in [5, 5.41) is 6.57. The Bertz CT molecular complexity index is 1080. The number of alkyl halides is 4. The second kappa shape index (κ2) is 7.97. The first kappa shape index (κ1) is 20.8.